The number of rotatable bonds is 3. The lowest BCUT2D eigenvalue weighted by Crippen LogP contribution is -2.02. The largest absolute Gasteiger partial charge is 0.465 e. The third kappa shape index (κ3) is 3.00. The molecule has 0 saturated carbocycles. The zero-order valence-electron chi connectivity index (χ0n) is 7.16. The lowest BCUT2D eigenvalue weighted by Gasteiger charge is -1.97. The predicted molar refractivity (Wildman–Crippen MR) is 47.2 cm³/mol. The molecule has 4 heteroatoms. The van der Waals surface area contributed by atoms with Gasteiger partial charge in [-0.05, 0) is 6.92 Å². The minimum absolute atomic E-state index is 0.233. The summed E-state index contributed by atoms with van der Waals surface area (Å²) in [6.07, 6.45) is 2.55. The number of carbonyl (C=O) groups is 1. The lowest BCUT2D eigenvalue weighted by molar-refractivity contribution is -0.140. The summed E-state index contributed by atoms with van der Waals surface area (Å²) in [5, 5.41) is 1.02. The highest BCUT2D eigenvalue weighted by molar-refractivity contribution is 7.11. The van der Waals surface area contributed by atoms with E-state index >= 15 is 0 Å². The van der Waals surface area contributed by atoms with Crippen LogP contribution < -0.4 is 0 Å². The van der Waals surface area contributed by atoms with Gasteiger partial charge in [-0.3, -0.25) is 4.79 Å². The summed E-state index contributed by atoms with van der Waals surface area (Å²) in [4.78, 5) is 15.7. The molecule has 0 bridgehead atoms. The van der Waals surface area contributed by atoms with Crippen LogP contribution in [0.3, 0.4) is 0 Å². The van der Waals surface area contributed by atoms with Crippen LogP contribution >= 0.6 is 11.3 Å². The van der Waals surface area contributed by atoms with Gasteiger partial charge in [0.05, 0.1) is 11.6 Å². The number of hydrogen-bond donors (Lipinski definition) is 0. The zero-order valence-corrected chi connectivity index (χ0v) is 7.98. The Kier molecular flexibility index (Phi) is 3.22. The van der Waals surface area contributed by atoms with E-state index in [1.807, 2.05) is 13.1 Å². The van der Waals surface area contributed by atoms with Crippen LogP contribution in [0.1, 0.15) is 16.8 Å². The highest BCUT2D eigenvalue weighted by Crippen LogP contribution is 2.11. The van der Waals surface area contributed by atoms with Crippen molar-refractivity contribution in [3.05, 3.63) is 16.1 Å². The quantitative estimate of drug-likeness (QED) is 0.671. The normalized spacial score (nSPS) is 9.83. The average Bonchev–Trinajstić information content (AvgIpc) is 2.35. The van der Waals surface area contributed by atoms with Crippen LogP contribution in [0.2, 0.25) is 0 Å². The first-order valence-electron chi connectivity index (χ1n) is 3.73. The molecule has 1 heterocycles. The second-order valence-electron chi connectivity index (χ2n) is 2.45. The van der Waals surface area contributed by atoms with Gasteiger partial charge in [0.15, 0.2) is 0 Å². The Morgan fingerprint density at radius 3 is 3.00 bits per heavy atom. The average molecular weight is 185 g/mol. The summed E-state index contributed by atoms with van der Waals surface area (Å²) >= 11 is 1.64. The summed E-state index contributed by atoms with van der Waals surface area (Å²) in [6, 6.07) is 0. The Hall–Kier alpha value is -0.900. The molecule has 0 N–H and O–H groups in total. The van der Waals surface area contributed by atoms with Crippen molar-refractivity contribution in [2.45, 2.75) is 20.3 Å². The molecule has 1 aromatic heterocycles. The summed E-state index contributed by atoms with van der Waals surface area (Å²) in [5.41, 5.74) is 0. The molecular formula is C8H11NO2S. The summed E-state index contributed by atoms with van der Waals surface area (Å²) in [6.45, 7) is 3.85. The van der Waals surface area contributed by atoms with Crippen LogP contribution in [-0.4, -0.2) is 17.6 Å². The van der Waals surface area contributed by atoms with Gasteiger partial charge >= 0.3 is 5.97 Å². The number of aromatic nitrogens is 1. The number of thiazole rings is 1. The van der Waals surface area contributed by atoms with Crippen molar-refractivity contribution in [1.29, 1.82) is 0 Å². The molecule has 0 aliphatic heterocycles. The van der Waals surface area contributed by atoms with Crippen LogP contribution in [0.15, 0.2) is 6.20 Å². The van der Waals surface area contributed by atoms with Gasteiger partial charge in [-0.15, -0.1) is 11.3 Å². The van der Waals surface area contributed by atoms with Crippen LogP contribution in [0.4, 0.5) is 0 Å². The van der Waals surface area contributed by atoms with Gasteiger partial charge < -0.3 is 4.74 Å². The van der Waals surface area contributed by atoms with E-state index in [2.05, 4.69) is 4.98 Å². The monoisotopic (exact) mass is 185 g/mol. The molecule has 0 aliphatic rings. The van der Waals surface area contributed by atoms with Gasteiger partial charge in [0.25, 0.3) is 0 Å². The molecular weight excluding hydrogens is 174 g/mol. The Labute approximate surface area is 75.4 Å². The molecule has 0 fully saturated rings. The van der Waals surface area contributed by atoms with Gasteiger partial charge in [-0.2, -0.15) is 0 Å². The fraction of sp³-hybridized carbons (Fsp3) is 0.500. The van der Waals surface area contributed by atoms with E-state index in [1.165, 1.54) is 11.8 Å². The van der Waals surface area contributed by atoms with E-state index in [9.17, 15) is 4.79 Å². The maximum absolute atomic E-state index is 10.4. The second-order valence-corrected chi connectivity index (χ2v) is 3.77. The first-order chi connectivity index (χ1) is 5.68. The minimum atomic E-state index is -0.233. The number of ether oxygens (including phenoxy) is 1. The van der Waals surface area contributed by atoms with Crippen molar-refractivity contribution >= 4 is 17.3 Å². The van der Waals surface area contributed by atoms with Crippen LogP contribution in [0, 0.1) is 6.92 Å². The Balaban J connectivity index is 2.29. The number of hydrogen-bond acceptors (Lipinski definition) is 4. The molecule has 0 aliphatic carbocycles. The van der Waals surface area contributed by atoms with Gasteiger partial charge in [0, 0.05) is 24.4 Å². The van der Waals surface area contributed by atoms with Crippen molar-refractivity contribution in [3.63, 3.8) is 0 Å². The van der Waals surface area contributed by atoms with Crippen molar-refractivity contribution < 1.29 is 9.53 Å². The van der Waals surface area contributed by atoms with Crippen molar-refractivity contribution in [3.8, 4) is 0 Å². The highest BCUT2D eigenvalue weighted by Gasteiger charge is 1.99. The second kappa shape index (κ2) is 4.21. The highest BCUT2D eigenvalue weighted by atomic mass is 32.1. The Morgan fingerprint density at radius 1 is 1.75 bits per heavy atom. The van der Waals surface area contributed by atoms with E-state index in [0.29, 0.717) is 6.61 Å². The molecule has 1 aromatic rings. The molecule has 1 rings (SSSR count). The third-order valence-electron chi connectivity index (χ3n) is 1.29. The number of nitrogens with zero attached hydrogens (tertiary/aromatic N) is 1. The molecule has 0 radical (unpaired) electrons. The Morgan fingerprint density at radius 2 is 2.50 bits per heavy atom. The zero-order chi connectivity index (χ0) is 8.97. The number of aryl methyl sites for hydroxylation is 1. The molecule has 0 saturated heterocycles. The van der Waals surface area contributed by atoms with Crippen LogP contribution in [0.5, 0.6) is 0 Å². The van der Waals surface area contributed by atoms with E-state index in [1.54, 1.807) is 11.3 Å². The van der Waals surface area contributed by atoms with Gasteiger partial charge in [0.2, 0.25) is 0 Å². The van der Waals surface area contributed by atoms with E-state index in [-0.39, 0.29) is 5.97 Å². The summed E-state index contributed by atoms with van der Waals surface area (Å²) < 4.78 is 4.78. The first-order valence-corrected chi connectivity index (χ1v) is 4.55. The molecule has 0 spiro atoms. The molecule has 66 valence electrons. The molecule has 12 heavy (non-hydrogen) atoms. The summed E-state index contributed by atoms with van der Waals surface area (Å²) in [7, 11) is 0. The van der Waals surface area contributed by atoms with E-state index in [4.69, 9.17) is 4.74 Å². The summed E-state index contributed by atoms with van der Waals surface area (Å²) in [5.74, 6) is -0.233. The SMILES string of the molecule is CC(=O)OCCc1ncc(C)s1. The fourth-order valence-corrected chi connectivity index (χ4v) is 1.57. The maximum atomic E-state index is 10.4. The Bertz CT molecular complexity index is 270. The van der Waals surface area contributed by atoms with Gasteiger partial charge in [-0.25, -0.2) is 4.98 Å². The smallest absolute Gasteiger partial charge is 0.302 e. The standard InChI is InChI=1S/C8H11NO2S/c1-6-5-9-8(12-6)3-4-11-7(2)10/h5H,3-4H2,1-2H3. The molecule has 0 aromatic carbocycles. The van der Waals surface area contributed by atoms with E-state index < -0.39 is 0 Å². The topological polar surface area (TPSA) is 39.2 Å². The van der Waals surface area contributed by atoms with Crippen LogP contribution in [0.25, 0.3) is 0 Å². The lowest BCUT2D eigenvalue weighted by atomic mass is 10.5. The van der Waals surface area contributed by atoms with Gasteiger partial charge in [0.1, 0.15) is 0 Å². The van der Waals surface area contributed by atoms with E-state index in [0.717, 1.165) is 11.4 Å². The third-order valence-corrected chi connectivity index (χ3v) is 2.26. The molecule has 0 amide bonds. The van der Waals surface area contributed by atoms with Crippen molar-refractivity contribution in [1.82, 2.24) is 4.98 Å². The molecule has 0 atom stereocenters. The van der Waals surface area contributed by atoms with Crippen molar-refractivity contribution in [2.75, 3.05) is 6.61 Å². The number of esters is 1. The number of carbonyl (C=O) groups excluding carboxylic acids is 1. The van der Waals surface area contributed by atoms with Crippen LogP contribution in [-0.2, 0) is 16.0 Å². The first kappa shape index (κ1) is 9.19. The van der Waals surface area contributed by atoms with Gasteiger partial charge in [-0.1, -0.05) is 0 Å². The molecule has 3 nitrogen and oxygen atoms in total. The minimum Gasteiger partial charge on any atom is -0.465 e. The predicted octanol–water partition coefficient (Wildman–Crippen LogP) is 1.56. The van der Waals surface area contributed by atoms with Crippen molar-refractivity contribution in [2.24, 2.45) is 0 Å². The fourth-order valence-electron chi connectivity index (χ4n) is 0.799. The maximum Gasteiger partial charge on any atom is 0.302 e. The molecule has 0 unspecified atom stereocenters.